The van der Waals surface area contributed by atoms with E-state index in [1.807, 2.05) is 12.1 Å². The van der Waals surface area contributed by atoms with E-state index in [0.717, 1.165) is 17.3 Å². The number of halogens is 1. The number of benzene rings is 1. The first-order chi connectivity index (χ1) is 9.62. The Balaban J connectivity index is 1.86. The lowest BCUT2D eigenvalue weighted by Gasteiger charge is -2.21. The fourth-order valence-electron chi connectivity index (χ4n) is 2.71. The van der Waals surface area contributed by atoms with Gasteiger partial charge in [-0.05, 0) is 30.0 Å². The summed E-state index contributed by atoms with van der Waals surface area (Å²) >= 11 is 3.35. The molecule has 1 aliphatic rings. The van der Waals surface area contributed by atoms with E-state index in [1.165, 1.54) is 32.1 Å². The number of sulfonamides is 1. The highest BCUT2D eigenvalue weighted by Crippen LogP contribution is 2.25. The monoisotopic (exact) mass is 359 g/mol. The second-order valence-corrected chi connectivity index (χ2v) is 7.80. The number of nitrogens with one attached hydrogen (secondary N) is 1. The van der Waals surface area contributed by atoms with E-state index in [4.69, 9.17) is 0 Å². The molecule has 3 nitrogen and oxygen atoms in total. The van der Waals surface area contributed by atoms with Crippen LogP contribution in [-0.4, -0.2) is 15.0 Å². The molecule has 0 radical (unpaired) electrons. The number of hydrogen-bond donors (Lipinski definition) is 1. The van der Waals surface area contributed by atoms with Crippen LogP contribution < -0.4 is 4.72 Å². The van der Waals surface area contributed by atoms with Gasteiger partial charge in [-0.3, -0.25) is 0 Å². The van der Waals surface area contributed by atoms with E-state index in [-0.39, 0.29) is 0 Å². The summed E-state index contributed by atoms with van der Waals surface area (Å²) in [6.07, 6.45) is 7.39. The summed E-state index contributed by atoms with van der Waals surface area (Å²) in [6, 6.07) is 7.01. The molecular weight excluding hydrogens is 338 g/mol. The van der Waals surface area contributed by atoms with Crippen LogP contribution in [0.5, 0.6) is 0 Å². The van der Waals surface area contributed by atoms with Gasteiger partial charge in [-0.25, -0.2) is 13.1 Å². The van der Waals surface area contributed by atoms with Gasteiger partial charge in [-0.1, -0.05) is 60.2 Å². The van der Waals surface area contributed by atoms with Crippen LogP contribution in [0, 0.1) is 5.92 Å². The average Bonchev–Trinajstić information content (AvgIpc) is 2.48. The Morgan fingerprint density at radius 2 is 1.75 bits per heavy atom. The lowest BCUT2D eigenvalue weighted by Crippen LogP contribution is -2.26. The third-order valence-corrected chi connectivity index (χ3v) is 6.08. The van der Waals surface area contributed by atoms with Crippen LogP contribution >= 0.6 is 15.9 Å². The Labute approximate surface area is 130 Å². The summed E-state index contributed by atoms with van der Waals surface area (Å²) < 4.78 is 27.0. The van der Waals surface area contributed by atoms with Crippen molar-refractivity contribution in [2.24, 2.45) is 5.92 Å². The van der Waals surface area contributed by atoms with Gasteiger partial charge in [0.1, 0.15) is 0 Å². The van der Waals surface area contributed by atoms with Crippen molar-refractivity contribution in [1.82, 2.24) is 4.72 Å². The normalized spacial score (nSPS) is 17.2. The van der Waals surface area contributed by atoms with E-state index in [0.29, 0.717) is 17.4 Å². The van der Waals surface area contributed by atoms with Gasteiger partial charge in [0, 0.05) is 11.9 Å². The van der Waals surface area contributed by atoms with E-state index in [2.05, 4.69) is 20.7 Å². The molecule has 0 amide bonds. The molecule has 0 unspecified atom stereocenters. The van der Waals surface area contributed by atoms with Crippen LogP contribution in [0.3, 0.4) is 0 Å². The molecule has 1 aliphatic carbocycles. The average molecular weight is 360 g/mol. The molecule has 0 aromatic heterocycles. The Hall–Kier alpha value is -0.390. The third kappa shape index (κ3) is 4.57. The maximum Gasteiger partial charge on any atom is 0.240 e. The highest BCUT2D eigenvalue weighted by Gasteiger charge is 2.16. The minimum Gasteiger partial charge on any atom is -0.211 e. The van der Waals surface area contributed by atoms with Gasteiger partial charge in [0.05, 0.1) is 4.90 Å². The Bertz CT molecular complexity index is 507. The van der Waals surface area contributed by atoms with Gasteiger partial charge in [0.25, 0.3) is 0 Å². The van der Waals surface area contributed by atoms with E-state index in [1.54, 1.807) is 12.1 Å². The summed E-state index contributed by atoms with van der Waals surface area (Å²) in [5, 5.41) is 0.739. The fourth-order valence-corrected chi connectivity index (χ4v) is 4.14. The molecule has 0 saturated heterocycles. The molecule has 20 heavy (non-hydrogen) atoms. The first-order valence-corrected chi connectivity index (χ1v) is 9.87. The molecule has 1 fully saturated rings. The Morgan fingerprint density at radius 3 is 2.35 bits per heavy atom. The maximum absolute atomic E-state index is 12.2. The molecule has 1 aromatic rings. The summed E-state index contributed by atoms with van der Waals surface area (Å²) in [7, 11) is -3.35. The lowest BCUT2D eigenvalue weighted by molar-refractivity contribution is 0.339. The summed E-state index contributed by atoms with van der Waals surface area (Å²) in [4.78, 5) is 0.353. The van der Waals surface area contributed by atoms with Crippen LogP contribution in [0.15, 0.2) is 29.2 Å². The molecule has 0 atom stereocenters. The van der Waals surface area contributed by atoms with Gasteiger partial charge < -0.3 is 0 Å². The molecule has 1 N–H and O–H groups in total. The molecule has 0 aliphatic heterocycles. The van der Waals surface area contributed by atoms with Crippen LogP contribution in [0.4, 0.5) is 0 Å². The summed E-state index contributed by atoms with van der Waals surface area (Å²) in [6.45, 7) is 0.549. The zero-order valence-electron chi connectivity index (χ0n) is 11.6. The fraction of sp³-hybridized carbons (Fsp3) is 0.600. The molecule has 0 bridgehead atoms. The summed E-state index contributed by atoms with van der Waals surface area (Å²) in [5.41, 5.74) is 1.08. The van der Waals surface area contributed by atoms with Crippen molar-refractivity contribution in [3.63, 3.8) is 0 Å². The highest BCUT2D eigenvalue weighted by atomic mass is 79.9. The zero-order chi connectivity index (χ0) is 14.4. The first kappa shape index (κ1) is 16.0. The smallest absolute Gasteiger partial charge is 0.211 e. The van der Waals surface area contributed by atoms with Gasteiger partial charge in [0.2, 0.25) is 10.0 Å². The van der Waals surface area contributed by atoms with E-state index in [9.17, 15) is 8.42 Å². The predicted octanol–water partition coefficient (Wildman–Crippen LogP) is 3.83. The van der Waals surface area contributed by atoms with E-state index < -0.39 is 10.0 Å². The lowest BCUT2D eigenvalue weighted by atomic mass is 9.87. The Morgan fingerprint density at radius 1 is 1.10 bits per heavy atom. The minimum absolute atomic E-state index is 0.353. The molecule has 1 saturated carbocycles. The second kappa shape index (κ2) is 7.57. The van der Waals surface area contributed by atoms with Crippen molar-refractivity contribution < 1.29 is 8.42 Å². The predicted molar refractivity (Wildman–Crippen MR) is 85.5 cm³/mol. The van der Waals surface area contributed by atoms with Crippen molar-refractivity contribution in [2.45, 2.75) is 48.8 Å². The highest BCUT2D eigenvalue weighted by molar-refractivity contribution is 9.08. The first-order valence-electron chi connectivity index (χ1n) is 7.26. The van der Waals surface area contributed by atoms with Crippen molar-refractivity contribution in [2.75, 3.05) is 6.54 Å². The van der Waals surface area contributed by atoms with Gasteiger partial charge >= 0.3 is 0 Å². The molecule has 112 valence electrons. The van der Waals surface area contributed by atoms with Crippen molar-refractivity contribution in [3.05, 3.63) is 29.8 Å². The third-order valence-electron chi connectivity index (χ3n) is 3.96. The topological polar surface area (TPSA) is 46.2 Å². The summed E-state index contributed by atoms with van der Waals surface area (Å²) in [5.74, 6) is 0.697. The zero-order valence-corrected chi connectivity index (χ0v) is 14.0. The van der Waals surface area contributed by atoms with Crippen LogP contribution in [0.2, 0.25) is 0 Å². The van der Waals surface area contributed by atoms with Crippen LogP contribution in [0.25, 0.3) is 0 Å². The van der Waals surface area contributed by atoms with E-state index >= 15 is 0 Å². The van der Waals surface area contributed by atoms with Gasteiger partial charge in [-0.15, -0.1) is 0 Å². The van der Waals surface area contributed by atoms with Crippen LogP contribution in [-0.2, 0) is 15.4 Å². The number of rotatable bonds is 6. The SMILES string of the molecule is O=S(=O)(NCCC1CCCCC1)c1ccc(CBr)cc1. The quantitative estimate of drug-likeness (QED) is 0.784. The molecule has 0 spiro atoms. The minimum atomic E-state index is -3.35. The number of hydrogen-bond acceptors (Lipinski definition) is 2. The van der Waals surface area contributed by atoms with Gasteiger partial charge in [-0.2, -0.15) is 0 Å². The largest absolute Gasteiger partial charge is 0.240 e. The van der Waals surface area contributed by atoms with Crippen molar-refractivity contribution >= 4 is 26.0 Å². The van der Waals surface area contributed by atoms with Crippen LogP contribution in [0.1, 0.15) is 44.1 Å². The number of alkyl halides is 1. The van der Waals surface area contributed by atoms with Crippen molar-refractivity contribution in [1.29, 1.82) is 0 Å². The molecule has 0 heterocycles. The standard InChI is InChI=1S/C15H22BrNO2S/c16-12-14-6-8-15(9-7-14)20(18,19)17-11-10-13-4-2-1-3-5-13/h6-9,13,17H,1-5,10-12H2. The van der Waals surface area contributed by atoms with Crippen molar-refractivity contribution in [3.8, 4) is 0 Å². The van der Waals surface area contributed by atoms with Gasteiger partial charge in [0.15, 0.2) is 0 Å². The molecular formula is C15H22BrNO2S. The molecule has 2 rings (SSSR count). The Kier molecular flexibility index (Phi) is 6.05. The maximum atomic E-state index is 12.2. The second-order valence-electron chi connectivity index (χ2n) is 5.47. The molecule has 1 aromatic carbocycles. The molecule has 5 heteroatoms.